The number of carbonyl (C=O) groups is 1. The molecule has 1 amide bonds. The molecular weight excluding hydrogens is 306 g/mol. The van der Waals surface area contributed by atoms with Crippen LogP contribution in [-0.2, 0) is 11.2 Å². The molecule has 2 aromatic rings. The number of benzene rings is 1. The Labute approximate surface area is 141 Å². The van der Waals surface area contributed by atoms with E-state index in [2.05, 4.69) is 15.5 Å². The van der Waals surface area contributed by atoms with Gasteiger partial charge in [-0.25, -0.2) is 0 Å². The minimum Gasteiger partial charge on any atom is -0.421 e. The number of aliphatic hydroxyl groups excluding tert-OH is 1. The van der Waals surface area contributed by atoms with Crippen LogP contribution in [0.5, 0.6) is 0 Å². The first-order valence-corrected chi connectivity index (χ1v) is 8.40. The van der Waals surface area contributed by atoms with Gasteiger partial charge in [-0.1, -0.05) is 18.2 Å². The summed E-state index contributed by atoms with van der Waals surface area (Å²) in [5.41, 5.74) is 0.402. The first-order chi connectivity index (χ1) is 11.6. The van der Waals surface area contributed by atoms with Crippen LogP contribution in [0.15, 0.2) is 34.7 Å². The molecule has 24 heavy (non-hydrogen) atoms. The number of hydrogen-bond donors (Lipinski definition) is 2. The molecule has 1 unspecified atom stereocenters. The molecule has 1 fully saturated rings. The van der Waals surface area contributed by atoms with Crippen LogP contribution in [0, 0.1) is 5.92 Å². The second-order valence-corrected chi connectivity index (χ2v) is 6.62. The van der Waals surface area contributed by atoms with Gasteiger partial charge in [0.05, 0.1) is 12.1 Å². The minimum absolute atomic E-state index is 0.0203. The number of hydrogen-bond acceptors (Lipinski definition) is 5. The normalized spacial score (nSPS) is 16.6. The lowest BCUT2D eigenvalue weighted by Gasteiger charge is -2.28. The number of aromatic nitrogens is 2. The van der Waals surface area contributed by atoms with Crippen LogP contribution in [0.25, 0.3) is 11.5 Å². The van der Waals surface area contributed by atoms with Gasteiger partial charge in [-0.15, -0.1) is 10.2 Å². The summed E-state index contributed by atoms with van der Waals surface area (Å²) < 4.78 is 5.63. The van der Waals surface area contributed by atoms with Crippen molar-refractivity contribution in [3.05, 3.63) is 36.2 Å². The quantitative estimate of drug-likeness (QED) is 0.776. The fraction of sp³-hybridized carbons (Fsp3) is 0.500. The number of nitrogens with one attached hydrogen (secondary N) is 1. The number of carbonyl (C=O) groups excluding carboxylic acids is 1. The van der Waals surface area contributed by atoms with E-state index in [1.165, 1.54) is 0 Å². The third-order valence-corrected chi connectivity index (χ3v) is 4.51. The van der Waals surface area contributed by atoms with Gasteiger partial charge in [-0.3, -0.25) is 4.79 Å². The first kappa shape index (κ1) is 16.6. The van der Waals surface area contributed by atoms with Gasteiger partial charge in [0, 0.05) is 18.4 Å². The fourth-order valence-electron chi connectivity index (χ4n) is 2.82. The molecule has 0 bridgehead atoms. The van der Waals surface area contributed by atoms with Crippen LogP contribution in [0.3, 0.4) is 0 Å². The van der Waals surface area contributed by atoms with Crippen molar-refractivity contribution in [1.29, 1.82) is 0 Å². The van der Waals surface area contributed by atoms with Gasteiger partial charge in [0.15, 0.2) is 0 Å². The Bertz CT molecular complexity index is 682. The predicted molar refractivity (Wildman–Crippen MR) is 89.0 cm³/mol. The van der Waals surface area contributed by atoms with E-state index in [1.54, 1.807) is 0 Å². The minimum atomic E-state index is -0.484. The number of nitrogens with zero attached hydrogens (tertiary/aromatic N) is 2. The molecule has 2 N–H and O–H groups in total. The number of aryl methyl sites for hydroxylation is 1. The largest absolute Gasteiger partial charge is 0.421 e. The Kier molecular flexibility index (Phi) is 4.94. The van der Waals surface area contributed by atoms with Crippen molar-refractivity contribution in [3.8, 4) is 11.5 Å². The maximum absolute atomic E-state index is 12.1. The molecule has 3 rings (SSSR count). The van der Waals surface area contributed by atoms with E-state index in [0.29, 0.717) is 37.0 Å². The smallest absolute Gasteiger partial charge is 0.247 e. The van der Waals surface area contributed by atoms with Crippen molar-refractivity contribution < 1.29 is 14.3 Å². The SMILES string of the molecule is CC(CO)(NC(=O)CCCc1nnc(-c2ccccc2)o1)C1CC1. The maximum Gasteiger partial charge on any atom is 0.247 e. The maximum atomic E-state index is 12.1. The Morgan fingerprint density at radius 1 is 1.33 bits per heavy atom. The highest BCUT2D eigenvalue weighted by atomic mass is 16.4. The summed E-state index contributed by atoms with van der Waals surface area (Å²) in [6.07, 6.45) is 3.72. The highest BCUT2D eigenvalue weighted by molar-refractivity contribution is 5.76. The molecule has 1 aromatic heterocycles. The number of amides is 1. The molecule has 1 aliphatic carbocycles. The van der Waals surface area contributed by atoms with E-state index in [-0.39, 0.29) is 12.5 Å². The highest BCUT2D eigenvalue weighted by Crippen LogP contribution is 2.39. The third-order valence-electron chi connectivity index (χ3n) is 4.51. The second-order valence-electron chi connectivity index (χ2n) is 6.62. The number of rotatable bonds is 8. The lowest BCUT2D eigenvalue weighted by atomic mass is 9.96. The molecule has 1 heterocycles. The van der Waals surface area contributed by atoms with E-state index >= 15 is 0 Å². The Morgan fingerprint density at radius 3 is 2.75 bits per heavy atom. The van der Waals surface area contributed by atoms with E-state index in [0.717, 1.165) is 18.4 Å². The van der Waals surface area contributed by atoms with Crippen LogP contribution in [-0.4, -0.2) is 33.4 Å². The Morgan fingerprint density at radius 2 is 2.08 bits per heavy atom. The molecule has 0 aliphatic heterocycles. The third kappa shape index (κ3) is 4.00. The van der Waals surface area contributed by atoms with E-state index in [4.69, 9.17) is 4.42 Å². The summed E-state index contributed by atoms with van der Waals surface area (Å²) in [7, 11) is 0. The summed E-state index contributed by atoms with van der Waals surface area (Å²) in [5, 5.41) is 20.5. The van der Waals surface area contributed by atoms with Gasteiger partial charge < -0.3 is 14.8 Å². The van der Waals surface area contributed by atoms with Crippen molar-refractivity contribution in [3.63, 3.8) is 0 Å². The topological polar surface area (TPSA) is 88.2 Å². The zero-order valence-electron chi connectivity index (χ0n) is 13.9. The van der Waals surface area contributed by atoms with Crippen molar-refractivity contribution in [2.45, 2.75) is 44.6 Å². The van der Waals surface area contributed by atoms with E-state index < -0.39 is 5.54 Å². The Balaban J connectivity index is 1.46. The van der Waals surface area contributed by atoms with Gasteiger partial charge >= 0.3 is 0 Å². The van der Waals surface area contributed by atoms with Crippen LogP contribution >= 0.6 is 0 Å². The van der Waals surface area contributed by atoms with Gasteiger partial charge in [-0.2, -0.15) is 0 Å². The Hall–Kier alpha value is -2.21. The molecule has 6 nitrogen and oxygen atoms in total. The lowest BCUT2D eigenvalue weighted by Crippen LogP contribution is -2.50. The summed E-state index contributed by atoms with van der Waals surface area (Å²) in [6, 6.07) is 9.60. The van der Waals surface area contributed by atoms with Crippen LogP contribution < -0.4 is 5.32 Å². The second kappa shape index (κ2) is 7.13. The van der Waals surface area contributed by atoms with Crippen LogP contribution in [0.1, 0.15) is 38.5 Å². The summed E-state index contributed by atoms with van der Waals surface area (Å²) in [4.78, 5) is 12.1. The standard InChI is InChI=1S/C18H23N3O3/c1-18(12-22,14-10-11-14)19-15(23)8-5-9-16-20-21-17(24-16)13-6-3-2-4-7-13/h2-4,6-7,14,22H,5,8-12H2,1H3,(H,19,23). The molecular formula is C18H23N3O3. The van der Waals surface area contributed by atoms with Gasteiger partial charge in [0.2, 0.25) is 17.7 Å². The van der Waals surface area contributed by atoms with Crippen LogP contribution in [0.2, 0.25) is 0 Å². The zero-order chi connectivity index (χ0) is 17.0. The van der Waals surface area contributed by atoms with Gasteiger partial charge in [-0.05, 0) is 44.2 Å². The van der Waals surface area contributed by atoms with Gasteiger partial charge in [0.25, 0.3) is 0 Å². The average Bonchev–Trinajstić information content (AvgIpc) is 3.36. The molecule has 128 valence electrons. The summed E-state index contributed by atoms with van der Waals surface area (Å²) >= 11 is 0. The monoisotopic (exact) mass is 329 g/mol. The van der Waals surface area contributed by atoms with Crippen LogP contribution in [0.4, 0.5) is 0 Å². The molecule has 1 saturated carbocycles. The van der Waals surface area contributed by atoms with E-state index in [9.17, 15) is 9.90 Å². The first-order valence-electron chi connectivity index (χ1n) is 8.40. The predicted octanol–water partition coefficient (Wildman–Crippen LogP) is 2.34. The fourth-order valence-corrected chi connectivity index (χ4v) is 2.82. The van der Waals surface area contributed by atoms with Gasteiger partial charge in [0.1, 0.15) is 0 Å². The molecule has 0 spiro atoms. The molecule has 6 heteroatoms. The molecule has 1 aliphatic rings. The molecule has 1 atom stereocenters. The van der Waals surface area contributed by atoms with Crippen molar-refractivity contribution in [2.75, 3.05) is 6.61 Å². The number of aliphatic hydroxyl groups is 1. The van der Waals surface area contributed by atoms with Crippen molar-refractivity contribution >= 4 is 5.91 Å². The van der Waals surface area contributed by atoms with E-state index in [1.807, 2.05) is 37.3 Å². The highest BCUT2D eigenvalue weighted by Gasteiger charge is 2.41. The lowest BCUT2D eigenvalue weighted by molar-refractivity contribution is -0.123. The zero-order valence-corrected chi connectivity index (χ0v) is 13.9. The summed E-state index contributed by atoms with van der Waals surface area (Å²) in [6.45, 7) is 1.89. The molecule has 0 radical (unpaired) electrons. The summed E-state index contributed by atoms with van der Waals surface area (Å²) in [5.74, 6) is 1.39. The van der Waals surface area contributed by atoms with Crippen molar-refractivity contribution in [2.24, 2.45) is 5.92 Å². The van der Waals surface area contributed by atoms with Crippen molar-refractivity contribution in [1.82, 2.24) is 15.5 Å². The molecule has 0 saturated heterocycles. The average molecular weight is 329 g/mol. The molecule has 1 aromatic carbocycles.